The molecule has 0 radical (unpaired) electrons. The number of hydrogen-bond donors (Lipinski definition) is 2. The van der Waals surface area contributed by atoms with E-state index in [4.69, 9.17) is 0 Å². The zero-order chi connectivity index (χ0) is 7.68. The molecule has 11 heavy (non-hydrogen) atoms. The molecule has 0 aromatic carbocycles. The van der Waals surface area contributed by atoms with E-state index in [1.165, 1.54) is 6.42 Å². The number of nitrogens with zero attached hydrogens (tertiary/aromatic N) is 1. The van der Waals surface area contributed by atoms with Crippen molar-refractivity contribution in [1.29, 1.82) is 0 Å². The molecule has 0 aromatic heterocycles. The summed E-state index contributed by atoms with van der Waals surface area (Å²) in [6.07, 6.45) is 1.18. The molecule has 4 nitrogen and oxygen atoms in total. The van der Waals surface area contributed by atoms with Crippen LogP contribution in [0.2, 0.25) is 0 Å². The highest BCUT2D eigenvalue weighted by molar-refractivity contribution is 5.79. The van der Waals surface area contributed by atoms with Crippen LogP contribution in [0.3, 0.4) is 0 Å². The normalized spacial score (nSPS) is 32.7. The fraction of sp³-hybridized carbons (Fsp3) is 0.857. The first-order valence-electron chi connectivity index (χ1n) is 4.08. The zero-order valence-electron chi connectivity index (χ0n) is 6.47. The van der Waals surface area contributed by atoms with E-state index in [0.717, 1.165) is 19.8 Å². The van der Waals surface area contributed by atoms with E-state index in [0.29, 0.717) is 12.6 Å². The van der Waals surface area contributed by atoms with E-state index in [-0.39, 0.29) is 5.91 Å². The van der Waals surface area contributed by atoms with Gasteiger partial charge < -0.3 is 10.6 Å². The van der Waals surface area contributed by atoms with Crippen LogP contribution in [-0.2, 0) is 4.79 Å². The Morgan fingerprint density at radius 1 is 1.55 bits per heavy atom. The minimum atomic E-state index is 0.164. The predicted molar refractivity (Wildman–Crippen MR) is 41.0 cm³/mol. The molecule has 2 saturated heterocycles. The first kappa shape index (κ1) is 7.06. The van der Waals surface area contributed by atoms with Gasteiger partial charge in [0.2, 0.25) is 5.91 Å². The molecule has 0 saturated carbocycles. The number of nitrogens with one attached hydrogen (secondary N) is 2. The average Bonchev–Trinajstić information content (AvgIpc) is 2.55. The van der Waals surface area contributed by atoms with E-state index in [9.17, 15) is 4.79 Å². The van der Waals surface area contributed by atoms with Crippen molar-refractivity contribution in [3.8, 4) is 0 Å². The monoisotopic (exact) mass is 155 g/mol. The molecule has 1 amide bonds. The predicted octanol–water partition coefficient (Wildman–Crippen LogP) is -1.26. The van der Waals surface area contributed by atoms with Gasteiger partial charge in [0.05, 0.1) is 13.2 Å². The van der Waals surface area contributed by atoms with Crippen LogP contribution in [0.4, 0.5) is 0 Å². The Morgan fingerprint density at radius 2 is 2.45 bits per heavy atom. The lowest BCUT2D eigenvalue weighted by Gasteiger charge is -2.19. The van der Waals surface area contributed by atoms with Crippen LogP contribution in [-0.4, -0.2) is 43.2 Å². The Labute approximate surface area is 65.9 Å². The molecule has 2 N–H and O–H groups in total. The van der Waals surface area contributed by atoms with Gasteiger partial charge in [0.1, 0.15) is 0 Å². The van der Waals surface area contributed by atoms with Gasteiger partial charge in [-0.25, -0.2) is 0 Å². The fourth-order valence-corrected chi connectivity index (χ4v) is 1.70. The minimum Gasteiger partial charge on any atom is -0.342 e. The van der Waals surface area contributed by atoms with Gasteiger partial charge in [-0.1, -0.05) is 0 Å². The molecule has 2 heterocycles. The van der Waals surface area contributed by atoms with Crippen LogP contribution in [0.1, 0.15) is 6.42 Å². The molecule has 1 atom stereocenters. The van der Waals surface area contributed by atoms with Gasteiger partial charge >= 0.3 is 0 Å². The van der Waals surface area contributed by atoms with Crippen molar-refractivity contribution < 1.29 is 4.79 Å². The molecule has 62 valence electrons. The van der Waals surface area contributed by atoms with Crippen molar-refractivity contribution in [1.82, 2.24) is 15.5 Å². The standard InChI is InChI=1S/C7H13N3O/c11-7-4-10(5-9-7)6-1-2-8-3-6/h6,8H,1-5H2,(H,9,11)/t6-/m0/s1. The second-order valence-electron chi connectivity index (χ2n) is 3.15. The van der Waals surface area contributed by atoms with E-state index in [2.05, 4.69) is 15.5 Å². The summed E-state index contributed by atoms with van der Waals surface area (Å²) in [5, 5.41) is 6.09. The Kier molecular flexibility index (Phi) is 1.79. The highest BCUT2D eigenvalue weighted by Gasteiger charge is 2.27. The molecule has 2 aliphatic heterocycles. The lowest BCUT2D eigenvalue weighted by Crippen LogP contribution is -2.35. The SMILES string of the molecule is O=C1CN([C@H]2CCNC2)CN1. The quantitative estimate of drug-likeness (QED) is 0.496. The van der Waals surface area contributed by atoms with E-state index < -0.39 is 0 Å². The zero-order valence-corrected chi connectivity index (χ0v) is 6.47. The molecular formula is C7H13N3O. The van der Waals surface area contributed by atoms with Crippen LogP contribution >= 0.6 is 0 Å². The summed E-state index contributed by atoms with van der Waals surface area (Å²) in [5.41, 5.74) is 0. The Morgan fingerprint density at radius 3 is 3.00 bits per heavy atom. The summed E-state index contributed by atoms with van der Waals surface area (Å²) in [6, 6.07) is 0.578. The number of amides is 1. The van der Waals surface area contributed by atoms with Gasteiger partial charge in [0.15, 0.2) is 0 Å². The van der Waals surface area contributed by atoms with E-state index >= 15 is 0 Å². The molecule has 2 aliphatic rings. The molecule has 0 aliphatic carbocycles. The summed E-state index contributed by atoms with van der Waals surface area (Å²) >= 11 is 0. The van der Waals surface area contributed by atoms with Gasteiger partial charge in [-0.05, 0) is 13.0 Å². The molecular weight excluding hydrogens is 142 g/mol. The third-order valence-corrected chi connectivity index (χ3v) is 2.38. The van der Waals surface area contributed by atoms with Crippen molar-refractivity contribution in [2.24, 2.45) is 0 Å². The summed E-state index contributed by atoms with van der Waals surface area (Å²) in [5.74, 6) is 0.164. The van der Waals surface area contributed by atoms with E-state index in [1.807, 2.05) is 0 Å². The number of rotatable bonds is 1. The molecule has 0 spiro atoms. The van der Waals surface area contributed by atoms with Crippen LogP contribution < -0.4 is 10.6 Å². The summed E-state index contributed by atoms with van der Waals surface area (Å²) in [7, 11) is 0. The maximum absolute atomic E-state index is 10.8. The topological polar surface area (TPSA) is 44.4 Å². The van der Waals surface area contributed by atoms with Gasteiger partial charge in [-0.3, -0.25) is 9.69 Å². The summed E-state index contributed by atoms with van der Waals surface area (Å²) < 4.78 is 0. The Balaban J connectivity index is 1.90. The second-order valence-corrected chi connectivity index (χ2v) is 3.15. The van der Waals surface area contributed by atoms with Gasteiger partial charge in [0, 0.05) is 12.6 Å². The van der Waals surface area contributed by atoms with Crippen LogP contribution in [0.15, 0.2) is 0 Å². The molecule has 0 aromatic rings. The molecule has 2 fully saturated rings. The van der Waals surface area contributed by atoms with Crippen molar-refractivity contribution in [2.75, 3.05) is 26.3 Å². The molecule has 4 heteroatoms. The maximum atomic E-state index is 10.8. The van der Waals surface area contributed by atoms with Crippen LogP contribution in [0.25, 0.3) is 0 Å². The highest BCUT2D eigenvalue weighted by Crippen LogP contribution is 2.09. The van der Waals surface area contributed by atoms with E-state index in [1.54, 1.807) is 0 Å². The second kappa shape index (κ2) is 2.79. The van der Waals surface area contributed by atoms with Crippen molar-refractivity contribution in [3.05, 3.63) is 0 Å². The Bertz CT molecular complexity index is 165. The van der Waals surface area contributed by atoms with Crippen molar-refractivity contribution >= 4 is 5.91 Å². The average molecular weight is 155 g/mol. The number of carbonyl (C=O) groups excluding carboxylic acids is 1. The highest BCUT2D eigenvalue weighted by atomic mass is 16.2. The van der Waals surface area contributed by atoms with Gasteiger partial charge in [0.25, 0.3) is 0 Å². The number of hydrogen-bond acceptors (Lipinski definition) is 3. The van der Waals surface area contributed by atoms with Crippen LogP contribution in [0, 0.1) is 0 Å². The number of carbonyl (C=O) groups is 1. The summed E-state index contributed by atoms with van der Waals surface area (Å²) in [6.45, 7) is 3.46. The first-order valence-corrected chi connectivity index (χ1v) is 4.08. The lowest BCUT2D eigenvalue weighted by molar-refractivity contribution is -0.118. The molecule has 0 unspecified atom stereocenters. The third-order valence-electron chi connectivity index (χ3n) is 2.38. The van der Waals surface area contributed by atoms with Crippen molar-refractivity contribution in [2.45, 2.75) is 12.5 Å². The maximum Gasteiger partial charge on any atom is 0.235 e. The molecule has 2 rings (SSSR count). The van der Waals surface area contributed by atoms with Gasteiger partial charge in [-0.2, -0.15) is 0 Å². The fourth-order valence-electron chi connectivity index (χ4n) is 1.70. The van der Waals surface area contributed by atoms with Crippen molar-refractivity contribution in [3.63, 3.8) is 0 Å². The smallest absolute Gasteiger partial charge is 0.235 e. The minimum absolute atomic E-state index is 0.164. The third kappa shape index (κ3) is 1.36. The largest absolute Gasteiger partial charge is 0.342 e. The Hall–Kier alpha value is -0.610. The first-order chi connectivity index (χ1) is 5.36. The lowest BCUT2D eigenvalue weighted by atomic mass is 10.2. The van der Waals surface area contributed by atoms with Gasteiger partial charge in [-0.15, -0.1) is 0 Å². The van der Waals surface area contributed by atoms with Crippen LogP contribution in [0.5, 0.6) is 0 Å². The molecule has 0 bridgehead atoms. The summed E-state index contributed by atoms with van der Waals surface area (Å²) in [4.78, 5) is 13.0.